The lowest BCUT2D eigenvalue weighted by atomic mass is 9.80. The number of carboxylic acids is 1. The Labute approximate surface area is 166 Å². The summed E-state index contributed by atoms with van der Waals surface area (Å²) in [5, 5.41) is 24.3. The Balaban J connectivity index is 1.97. The first kappa shape index (κ1) is 19.6. The molecule has 0 saturated heterocycles. The van der Waals surface area contributed by atoms with Crippen LogP contribution in [0.25, 0.3) is 0 Å². The summed E-state index contributed by atoms with van der Waals surface area (Å²) in [6, 6.07) is 14.7. The van der Waals surface area contributed by atoms with Gasteiger partial charge in [0.05, 0.1) is 35.3 Å². The zero-order valence-corrected chi connectivity index (χ0v) is 15.9. The van der Waals surface area contributed by atoms with Crippen molar-refractivity contribution in [3.63, 3.8) is 0 Å². The number of nitrogens with one attached hydrogen (secondary N) is 2. The fourth-order valence-corrected chi connectivity index (χ4v) is 4.24. The SMILES string of the molecule is CC1=C(C(=O)Nc2ccccc2)C(c2ccco2)C(C#N)C(SCC(=O)O)N1. The third kappa shape index (κ3) is 4.21. The largest absolute Gasteiger partial charge is 0.481 e. The fourth-order valence-electron chi connectivity index (χ4n) is 3.24. The smallest absolute Gasteiger partial charge is 0.313 e. The molecular formula is C20H19N3O4S. The molecule has 1 aliphatic heterocycles. The van der Waals surface area contributed by atoms with Gasteiger partial charge in [-0.25, -0.2) is 0 Å². The van der Waals surface area contributed by atoms with E-state index in [-0.39, 0.29) is 11.7 Å². The summed E-state index contributed by atoms with van der Waals surface area (Å²) in [4.78, 5) is 24.0. The van der Waals surface area contributed by atoms with Gasteiger partial charge in [0, 0.05) is 17.0 Å². The molecule has 8 heteroatoms. The van der Waals surface area contributed by atoms with E-state index in [1.54, 1.807) is 31.2 Å². The monoisotopic (exact) mass is 397 g/mol. The maximum absolute atomic E-state index is 13.1. The molecule has 3 N–H and O–H groups in total. The molecule has 1 aromatic carbocycles. The molecule has 2 aromatic rings. The summed E-state index contributed by atoms with van der Waals surface area (Å²) < 4.78 is 5.54. The van der Waals surface area contributed by atoms with E-state index in [1.165, 1.54) is 6.26 Å². The van der Waals surface area contributed by atoms with E-state index in [2.05, 4.69) is 16.7 Å². The maximum Gasteiger partial charge on any atom is 0.313 e. The normalized spacial score (nSPS) is 21.5. The molecule has 144 valence electrons. The van der Waals surface area contributed by atoms with Gasteiger partial charge in [-0.05, 0) is 31.2 Å². The molecule has 2 heterocycles. The topological polar surface area (TPSA) is 115 Å². The predicted molar refractivity (Wildman–Crippen MR) is 105 cm³/mol. The van der Waals surface area contributed by atoms with Crippen LogP contribution >= 0.6 is 11.8 Å². The molecule has 0 radical (unpaired) electrons. The van der Waals surface area contributed by atoms with Gasteiger partial charge in [-0.3, -0.25) is 9.59 Å². The highest BCUT2D eigenvalue weighted by Crippen LogP contribution is 2.42. The Bertz CT molecular complexity index is 919. The Morgan fingerprint density at radius 3 is 2.64 bits per heavy atom. The number of rotatable bonds is 6. The average Bonchev–Trinajstić information content (AvgIpc) is 3.20. The van der Waals surface area contributed by atoms with Crippen LogP contribution in [0.15, 0.2) is 64.4 Å². The van der Waals surface area contributed by atoms with E-state index in [1.807, 2.05) is 18.2 Å². The third-order valence-corrected chi connectivity index (χ3v) is 5.60. The van der Waals surface area contributed by atoms with Crippen LogP contribution in [0.3, 0.4) is 0 Å². The summed E-state index contributed by atoms with van der Waals surface area (Å²) >= 11 is 1.12. The second-order valence-electron chi connectivity index (χ2n) is 6.28. The number of allylic oxidation sites excluding steroid dienone is 1. The quantitative estimate of drug-likeness (QED) is 0.686. The van der Waals surface area contributed by atoms with Gasteiger partial charge in [0.15, 0.2) is 0 Å². The highest BCUT2D eigenvalue weighted by molar-refractivity contribution is 8.00. The Morgan fingerprint density at radius 1 is 1.29 bits per heavy atom. The molecule has 0 fully saturated rings. The van der Waals surface area contributed by atoms with E-state index in [0.717, 1.165) is 11.8 Å². The number of thioether (sulfide) groups is 1. The van der Waals surface area contributed by atoms with Crippen LogP contribution in [0.1, 0.15) is 18.6 Å². The molecule has 0 bridgehead atoms. The minimum absolute atomic E-state index is 0.153. The van der Waals surface area contributed by atoms with Crippen LogP contribution in [0, 0.1) is 17.2 Å². The van der Waals surface area contributed by atoms with Crippen molar-refractivity contribution in [1.29, 1.82) is 5.26 Å². The number of benzene rings is 1. The van der Waals surface area contributed by atoms with Crippen LogP contribution < -0.4 is 10.6 Å². The van der Waals surface area contributed by atoms with Gasteiger partial charge >= 0.3 is 5.97 Å². The van der Waals surface area contributed by atoms with E-state index >= 15 is 0 Å². The van der Waals surface area contributed by atoms with Crippen molar-refractivity contribution in [3.05, 3.63) is 65.8 Å². The van der Waals surface area contributed by atoms with Crippen LogP contribution in [0.5, 0.6) is 0 Å². The molecule has 1 amide bonds. The molecular weight excluding hydrogens is 378 g/mol. The Kier molecular flexibility index (Phi) is 6.06. The first-order valence-corrected chi connectivity index (χ1v) is 9.66. The zero-order chi connectivity index (χ0) is 20.1. The first-order valence-electron chi connectivity index (χ1n) is 8.61. The van der Waals surface area contributed by atoms with E-state index in [9.17, 15) is 14.9 Å². The number of amides is 1. The molecule has 1 aromatic heterocycles. The first-order chi connectivity index (χ1) is 13.5. The van der Waals surface area contributed by atoms with Crippen LogP contribution in [-0.2, 0) is 9.59 Å². The molecule has 3 rings (SSSR count). The number of furan rings is 1. The Morgan fingerprint density at radius 2 is 2.04 bits per heavy atom. The minimum atomic E-state index is -0.965. The number of carboxylic acid groups (broad SMARTS) is 1. The lowest BCUT2D eigenvalue weighted by Gasteiger charge is -2.36. The van der Waals surface area contributed by atoms with Crippen molar-refractivity contribution in [2.24, 2.45) is 5.92 Å². The van der Waals surface area contributed by atoms with Gasteiger partial charge in [-0.15, -0.1) is 11.8 Å². The van der Waals surface area contributed by atoms with Gasteiger partial charge in [0.2, 0.25) is 0 Å². The minimum Gasteiger partial charge on any atom is -0.481 e. The van der Waals surface area contributed by atoms with Crippen molar-refractivity contribution in [2.75, 3.05) is 11.1 Å². The molecule has 3 unspecified atom stereocenters. The number of nitriles is 1. The lowest BCUT2D eigenvalue weighted by molar-refractivity contribution is -0.133. The van der Waals surface area contributed by atoms with E-state index in [4.69, 9.17) is 9.52 Å². The lowest BCUT2D eigenvalue weighted by Crippen LogP contribution is -2.44. The van der Waals surface area contributed by atoms with Crippen molar-refractivity contribution in [2.45, 2.75) is 18.2 Å². The molecule has 7 nitrogen and oxygen atoms in total. The number of nitrogens with zero attached hydrogens (tertiary/aromatic N) is 1. The molecule has 0 spiro atoms. The molecule has 3 atom stereocenters. The maximum atomic E-state index is 13.1. The summed E-state index contributed by atoms with van der Waals surface area (Å²) in [7, 11) is 0. The summed E-state index contributed by atoms with van der Waals surface area (Å²) in [5.74, 6) is -2.26. The highest BCUT2D eigenvalue weighted by atomic mass is 32.2. The van der Waals surface area contributed by atoms with Gasteiger partial charge in [-0.2, -0.15) is 5.26 Å². The molecule has 0 aliphatic carbocycles. The number of carbonyl (C=O) groups is 2. The van der Waals surface area contributed by atoms with Gasteiger partial charge in [0.1, 0.15) is 5.76 Å². The van der Waals surface area contributed by atoms with Gasteiger partial charge in [-0.1, -0.05) is 18.2 Å². The molecule has 28 heavy (non-hydrogen) atoms. The van der Waals surface area contributed by atoms with Crippen molar-refractivity contribution in [3.8, 4) is 6.07 Å². The number of carbonyl (C=O) groups excluding carboxylic acids is 1. The van der Waals surface area contributed by atoms with Gasteiger partial charge < -0.3 is 20.2 Å². The standard InChI is InChI=1S/C20H19N3O4S/c1-12-17(19(26)23-13-6-3-2-4-7-13)18(15-8-5-9-27-15)14(10-21)20(22-12)28-11-16(24)25/h2-9,14,18,20,22H,11H2,1H3,(H,23,26)(H,24,25). The van der Waals surface area contributed by atoms with Crippen LogP contribution in [0.2, 0.25) is 0 Å². The van der Waals surface area contributed by atoms with Crippen LogP contribution in [0.4, 0.5) is 5.69 Å². The summed E-state index contributed by atoms with van der Waals surface area (Å²) in [6.45, 7) is 1.75. The number of anilines is 1. The summed E-state index contributed by atoms with van der Waals surface area (Å²) in [6.07, 6.45) is 1.49. The number of para-hydroxylation sites is 1. The van der Waals surface area contributed by atoms with Crippen molar-refractivity contribution in [1.82, 2.24) is 5.32 Å². The third-order valence-electron chi connectivity index (χ3n) is 4.42. The van der Waals surface area contributed by atoms with E-state index in [0.29, 0.717) is 22.7 Å². The number of hydrogen-bond donors (Lipinski definition) is 3. The Hall–Kier alpha value is -3.18. The zero-order valence-electron chi connectivity index (χ0n) is 15.1. The van der Waals surface area contributed by atoms with Crippen molar-refractivity contribution < 1.29 is 19.1 Å². The number of aliphatic carboxylic acids is 1. The number of hydrogen-bond acceptors (Lipinski definition) is 6. The van der Waals surface area contributed by atoms with E-state index < -0.39 is 23.2 Å². The second kappa shape index (κ2) is 8.67. The molecule has 1 aliphatic rings. The van der Waals surface area contributed by atoms with Gasteiger partial charge in [0.25, 0.3) is 5.91 Å². The summed E-state index contributed by atoms with van der Waals surface area (Å²) in [5.41, 5.74) is 1.63. The molecule has 0 saturated carbocycles. The predicted octanol–water partition coefficient (Wildman–Crippen LogP) is 3.16. The fraction of sp³-hybridized carbons (Fsp3) is 0.250. The highest BCUT2D eigenvalue weighted by Gasteiger charge is 2.43. The van der Waals surface area contributed by atoms with Crippen molar-refractivity contribution >= 4 is 29.3 Å². The average molecular weight is 397 g/mol. The van der Waals surface area contributed by atoms with Crippen LogP contribution in [-0.4, -0.2) is 28.1 Å². The second-order valence-corrected chi connectivity index (χ2v) is 7.41.